The van der Waals surface area contributed by atoms with E-state index >= 15 is 0 Å². The summed E-state index contributed by atoms with van der Waals surface area (Å²) >= 11 is 1.21. The summed E-state index contributed by atoms with van der Waals surface area (Å²) in [5.41, 5.74) is 1.66. The first-order chi connectivity index (χ1) is 18.9. The molecule has 0 aliphatic heterocycles. The number of methoxy groups -OCH3 is 2. The molecule has 0 unspecified atom stereocenters. The van der Waals surface area contributed by atoms with Crippen LogP contribution in [0.5, 0.6) is 17.2 Å². The van der Waals surface area contributed by atoms with Crippen LogP contribution < -0.4 is 25.0 Å². The first-order valence-electron chi connectivity index (χ1n) is 12.2. The summed E-state index contributed by atoms with van der Waals surface area (Å²) in [5, 5.41) is 1.52. The highest BCUT2D eigenvalue weighted by Gasteiger charge is 2.40. The fourth-order valence-electron chi connectivity index (χ4n) is 4.74. The van der Waals surface area contributed by atoms with Crippen molar-refractivity contribution in [1.29, 1.82) is 0 Å². The van der Waals surface area contributed by atoms with Crippen LogP contribution in [0.25, 0.3) is 11.1 Å². The minimum absolute atomic E-state index is 0.123. The van der Waals surface area contributed by atoms with Crippen molar-refractivity contribution in [2.75, 3.05) is 33.6 Å². The maximum Gasteiger partial charge on any atom is 0.471 e. The lowest BCUT2D eigenvalue weighted by Gasteiger charge is -2.29. The highest BCUT2D eigenvalue weighted by atomic mass is 32.2. The Bertz CT molecular complexity index is 1380. The van der Waals surface area contributed by atoms with Crippen LogP contribution in [0, 0.1) is 0 Å². The SMILES string of the molecule is CCOc1cc2c(c(OC)c1OC)-c1ccc(SC)c(=O)cc1[C@@H](N(C(C)=O)C(=O)CNC(=O)C(F)(F)F)CC2. The van der Waals surface area contributed by atoms with Crippen molar-refractivity contribution in [2.24, 2.45) is 0 Å². The Morgan fingerprint density at radius 1 is 1.12 bits per heavy atom. The van der Waals surface area contributed by atoms with E-state index in [1.54, 1.807) is 31.4 Å². The predicted molar refractivity (Wildman–Crippen MR) is 142 cm³/mol. The number of ether oxygens (including phenoxy) is 3. The third-order valence-corrected chi connectivity index (χ3v) is 7.12. The highest BCUT2D eigenvalue weighted by Crippen LogP contribution is 2.51. The smallest absolute Gasteiger partial charge is 0.471 e. The topological polar surface area (TPSA) is 111 Å². The number of fused-ring (bicyclic) bond motifs is 3. The largest absolute Gasteiger partial charge is 0.492 e. The van der Waals surface area contributed by atoms with Crippen molar-refractivity contribution >= 4 is 29.5 Å². The minimum atomic E-state index is -5.20. The van der Waals surface area contributed by atoms with Gasteiger partial charge < -0.3 is 19.5 Å². The molecule has 9 nitrogen and oxygen atoms in total. The van der Waals surface area contributed by atoms with Gasteiger partial charge in [-0.2, -0.15) is 13.2 Å². The Labute approximate surface area is 233 Å². The van der Waals surface area contributed by atoms with Gasteiger partial charge in [-0.25, -0.2) is 0 Å². The van der Waals surface area contributed by atoms with Gasteiger partial charge in [-0.05, 0) is 60.9 Å². The fourth-order valence-corrected chi connectivity index (χ4v) is 5.20. The van der Waals surface area contributed by atoms with Gasteiger partial charge in [0, 0.05) is 12.5 Å². The molecule has 1 aliphatic rings. The summed E-state index contributed by atoms with van der Waals surface area (Å²) in [6, 6.07) is 5.33. The summed E-state index contributed by atoms with van der Waals surface area (Å²) in [6.07, 6.45) is -3.09. The molecule has 0 bridgehead atoms. The normalized spacial score (nSPS) is 14.2. The van der Waals surface area contributed by atoms with E-state index in [4.69, 9.17) is 14.2 Å². The van der Waals surface area contributed by atoms with Crippen molar-refractivity contribution in [1.82, 2.24) is 10.2 Å². The third-order valence-electron chi connectivity index (χ3n) is 6.35. The molecule has 0 fully saturated rings. The molecule has 0 saturated heterocycles. The van der Waals surface area contributed by atoms with Crippen LogP contribution >= 0.6 is 11.8 Å². The standard InChI is InChI=1S/C27H29F3N2O7S/c1-6-39-20-11-15-7-9-18(32(14(2)33)22(35)13-31-26(36)27(28,29)30)17-12-19(34)21(40-5)10-8-16(17)23(15)25(38-4)24(20)37-3/h8,10-12,18H,6-7,9,13H2,1-5H3,(H,31,36)/t18-/m0/s1. The average molecular weight is 583 g/mol. The van der Waals surface area contributed by atoms with Gasteiger partial charge in [-0.3, -0.25) is 24.1 Å². The molecule has 13 heteroatoms. The monoisotopic (exact) mass is 582 g/mol. The van der Waals surface area contributed by atoms with Gasteiger partial charge in [0.05, 0.1) is 38.3 Å². The lowest BCUT2D eigenvalue weighted by atomic mass is 9.95. The molecule has 1 N–H and O–H groups in total. The molecule has 1 aliphatic carbocycles. The van der Waals surface area contributed by atoms with Crippen molar-refractivity contribution in [3.8, 4) is 28.4 Å². The predicted octanol–water partition coefficient (Wildman–Crippen LogP) is 3.89. The zero-order valence-electron chi connectivity index (χ0n) is 22.6. The van der Waals surface area contributed by atoms with Crippen LogP contribution in [0.4, 0.5) is 13.2 Å². The molecule has 0 saturated carbocycles. The molecule has 0 spiro atoms. The number of hydrogen-bond donors (Lipinski definition) is 1. The maximum absolute atomic E-state index is 13.1. The van der Waals surface area contributed by atoms with Crippen molar-refractivity contribution < 1.29 is 41.8 Å². The minimum Gasteiger partial charge on any atom is -0.492 e. The zero-order chi connectivity index (χ0) is 29.8. The van der Waals surface area contributed by atoms with Gasteiger partial charge >= 0.3 is 12.1 Å². The first kappa shape index (κ1) is 30.8. The van der Waals surface area contributed by atoms with Gasteiger partial charge in [-0.15, -0.1) is 11.8 Å². The molecule has 3 amide bonds. The molecule has 0 radical (unpaired) electrons. The Hall–Kier alpha value is -3.74. The number of imide groups is 1. The van der Waals surface area contributed by atoms with Crippen molar-refractivity contribution in [3.63, 3.8) is 0 Å². The van der Waals surface area contributed by atoms with E-state index in [1.807, 2.05) is 0 Å². The molecular formula is C27H29F3N2O7S. The second-order valence-corrected chi connectivity index (χ2v) is 9.55. The molecule has 216 valence electrons. The van der Waals surface area contributed by atoms with Gasteiger partial charge in [0.25, 0.3) is 0 Å². The maximum atomic E-state index is 13.1. The summed E-state index contributed by atoms with van der Waals surface area (Å²) in [7, 11) is 2.89. The second kappa shape index (κ2) is 12.6. The second-order valence-electron chi connectivity index (χ2n) is 8.71. The summed E-state index contributed by atoms with van der Waals surface area (Å²) in [4.78, 5) is 51.6. The highest BCUT2D eigenvalue weighted by molar-refractivity contribution is 7.98. The van der Waals surface area contributed by atoms with E-state index in [0.717, 1.165) is 17.4 Å². The van der Waals surface area contributed by atoms with Crippen molar-refractivity contribution in [3.05, 3.63) is 45.6 Å². The van der Waals surface area contributed by atoms with Gasteiger partial charge in [0.1, 0.15) is 0 Å². The van der Waals surface area contributed by atoms with Crippen LogP contribution in [-0.4, -0.2) is 62.4 Å². The zero-order valence-corrected chi connectivity index (χ0v) is 23.4. The molecule has 0 heterocycles. The molecule has 1 atom stereocenters. The number of nitrogens with one attached hydrogen (secondary N) is 1. The number of carbonyl (C=O) groups is 3. The van der Waals surface area contributed by atoms with Gasteiger partial charge in [0.15, 0.2) is 16.9 Å². The number of thioether (sulfide) groups is 1. The number of nitrogens with zero attached hydrogens (tertiary/aromatic N) is 1. The number of rotatable bonds is 8. The van der Waals surface area contributed by atoms with Crippen LogP contribution in [0.2, 0.25) is 0 Å². The number of carbonyl (C=O) groups excluding carboxylic acids is 3. The molecule has 0 aromatic heterocycles. The van der Waals surface area contributed by atoms with E-state index < -0.39 is 36.5 Å². The quantitative estimate of drug-likeness (QED) is 0.467. The number of hydrogen-bond acceptors (Lipinski definition) is 8. The first-order valence-corrected chi connectivity index (χ1v) is 13.4. The number of amides is 3. The van der Waals surface area contributed by atoms with Crippen molar-refractivity contribution in [2.45, 2.75) is 43.8 Å². The Morgan fingerprint density at radius 2 is 1.80 bits per heavy atom. The van der Waals surface area contributed by atoms with Crippen LogP contribution in [0.1, 0.15) is 37.4 Å². The summed E-state index contributed by atoms with van der Waals surface area (Å²) < 4.78 is 55.3. The lowest BCUT2D eigenvalue weighted by molar-refractivity contribution is -0.174. The Kier molecular flexibility index (Phi) is 9.72. The molecule has 40 heavy (non-hydrogen) atoms. The number of aryl methyl sites for hydroxylation is 1. The van der Waals surface area contributed by atoms with E-state index in [9.17, 15) is 32.3 Å². The number of alkyl halides is 3. The fraction of sp³-hybridized carbons (Fsp3) is 0.407. The lowest BCUT2D eigenvalue weighted by Crippen LogP contribution is -2.47. The average Bonchev–Trinajstić information content (AvgIpc) is 3.14. The van der Waals surface area contributed by atoms with Crippen LogP contribution in [-0.2, 0) is 20.8 Å². The van der Waals surface area contributed by atoms with Crippen LogP contribution in [0.15, 0.2) is 34.0 Å². The van der Waals surface area contributed by atoms with E-state index in [-0.39, 0.29) is 18.3 Å². The number of halogens is 3. The molecular weight excluding hydrogens is 553 g/mol. The summed E-state index contributed by atoms with van der Waals surface area (Å²) in [6.45, 7) is 2.16. The van der Waals surface area contributed by atoms with E-state index in [1.165, 1.54) is 37.4 Å². The van der Waals surface area contributed by atoms with Gasteiger partial charge in [-0.1, -0.05) is 6.07 Å². The Morgan fingerprint density at radius 3 is 2.35 bits per heavy atom. The molecule has 2 aromatic carbocycles. The van der Waals surface area contributed by atoms with Gasteiger partial charge in [0.2, 0.25) is 17.6 Å². The Balaban J connectivity index is 2.28. The van der Waals surface area contributed by atoms with E-state index in [0.29, 0.717) is 45.4 Å². The van der Waals surface area contributed by atoms with E-state index in [2.05, 4.69) is 0 Å². The molecule has 2 aromatic rings. The number of benzene rings is 1. The summed E-state index contributed by atoms with van der Waals surface area (Å²) in [5.74, 6) is -3.11. The van der Waals surface area contributed by atoms with Crippen LogP contribution in [0.3, 0.4) is 0 Å². The third kappa shape index (κ3) is 6.19. The molecule has 3 rings (SSSR count).